The minimum absolute atomic E-state index is 0.109. The van der Waals surface area contributed by atoms with Crippen LogP contribution in [0.3, 0.4) is 0 Å². The molecule has 4 aromatic rings. The van der Waals surface area contributed by atoms with E-state index in [-0.39, 0.29) is 24.9 Å². The molecule has 11 heteroatoms. The van der Waals surface area contributed by atoms with E-state index in [9.17, 15) is 9.59 Å². The van der Waals surface area contributed by atoms with E-state index in [1.807, 2.05) is 73.6 Å². The van der Waals surface area contributed by atoms with Gasteiger partial charge in [-0.3, -0.25) is 19.2 Å². The quantitative estimate of drug-likeness (QED) is 0.374. The van der Waals surface area contributed by atoms with E-state index in [1.165, 1.54) is 0 Å². The van der Waals surface area contributed by atoms with Crippen molar-refractivity contribution < 1.29 is 23.5 Å². The molecule has 1 aliphatic rings. The second-order valence-corrected chi connectivity index (χ2v) is 10.4. The number of carbonyl (C=O) groups excluding carboxylic acids is 2. The number of fused-ring (bicyclic) bond motifs is 5. The van der Waals surface area contributed by atoms with Crippen LogP contribution in [0.25, 0.3) is 11.5 Å². The molecule has 1 aliphatic heterocycles. The fraction of sp³-hybridized carbons (Fsp3) is 0.355. The monoisotopic (exact) mass is 572 g/mol. The maximum Gasteiger partial charge on any atom is 0.243 e. The Morgan fingerprint density at radius 3 is 2.71 bits per heavy atom. The predicted molar refractivity (Wildman–Crippen MR) is 156 cm³/mol. The summed E-state index contributed by atoms with van der Waals surface area (Å²) in [5.41, 5.74) is 3.27. The van der Waals surface area contributed by atoms with Crippen LogP contribution >= 0.6 is 0 Å². The van der Waals surface area contributed by atoms with Gasteiger partial charge in [-0.25, -0.2) is 4.98 Å². The SMILES string of the molecule is COc1ccc2cc1OCCCN(Cc1cnn(C)c1)CC(=O)N[C@H](Cc1ccccc1)C(=O)NCc1nc-2oc1C. The number of aryl methyl sites for hydroxylation is 2. The zero-order chi connectivity index (χ0) is 29.5. The second-order valence-electron chi connectivity index (χ2n) is 10.4. The highest BCUT2D eigenvalue weighted by Crippen LogP contribution is 2.33. The summed E-state index contributed by atoms with van der Waals surface area (Å²) in [6.45, 7) is 3.59. The number of rotatable bonds is 5. The number of oxazole rings is 1. The molecule has 0 spiro atoms. The molecule has 0 saturated heterocycles. The van der Waals surface area contributed by atoms with Crippen LogP contribution in [-0.4, -0.2) is 64.3 Å². The van der Waals surface area contributed by atoms with E-state index in [2.05, 4.69) is 20.7 Å². The van der Waals surface area contributed by atoms with Crippen molar-refractivity contribution in [2.75, 3.05) is 26.8 Å². The Kier molecular flexibility index (Phi) is 9.18. The van der Waals surface area contributed by atoms with Gasteiger partial charge in [-0.15, -0.1) is 0 Å². The summed E-state index contributed by atoms with van der Waals surface area (Å²) >= 11 is 0. The molecule has 0 aliphatic carbocycles. The molecule has 42 heavy (non-hydrogen) atoms. The number of nitrogens with zero attached hydrogens (tertiary/aromatic N) is 4. The minimum Gasteiger partial charge on any atom is -0.493 e. The van der Waals surface area contributed by atoms with Gasteiger partial charge in [-0.2, -0.15) is 5.10 Å². The first-order chi connectivity index (χ1) is 20.4. The molecular weight excluding hydrogens is 536 g/mol. The molecule has 11 nitrogen and oxygen atoms in total. The molecule has 5 rings (SSSR count). The Morgan fingerprint density at radius 2 is 1.95 bits per heavy atom. The number of carbonyl (C=O) groups is 2. The molecule has 1 atom stereocenters. The average Bonchev–Trinajstić information content (AvgIpc) is 3.57. The molecule has 2 amide bonds. The molecule has 2 aromatic carbocycles. The first-order valence-corrected chi connectivity index (χ1v) is 14.0. The molecule has 2 aromatic heterocycles. The second kappa shape index (κ2) is 13.3. The number of nitrogens with one attached hydrogen (secondary N) is 2. The van der Waals surface area contributed by atoms with Gasteiger partial charge in [0.05, 0.1) is 33.0 Å². The Hall–Kier alpha value is -4.64. The van der Waals surface area contributed by atoms with Crippen LogP contribution < -0.4 is 20.1 Å². The normalized spacial score (nSPS) is 17.0. The summed E-state index contributed by atoms with van der Waals surface area (Å²) in [5.74, 6) is 1.64. The number of amides is 2. The molecule has 0 unspecified atom stereocenters. The first-order valence-electron chi connectivity index (χ1n) is 14.0. The lowest BCUT2D eigenvalue weighted by atomic mass is 10.1. The van der Waals surface area contributed by atoms with Crippen LogP contribution in [0.5, 0.6) is 11.5 Å². The summed E-state index contributed by atoms with van der Waals surface area (Å²) in [4.78, 5) is 33.5. The van der Waals surface area contributed by atoms with Gasteiger partial charge >= 0.3 is 0 Å². The number of aromatic nitrogens is 3. The number of benzene rings is 2. The molecule has 220 valence electrons. The van der Waals surface area contributed by atoms with Crippen LogP contribution in [0.15, 0.2) is 65.3 Å². The fourth-order valence-corrected chi connectivity index (χ4v) is 4.93. The standard InChI is InChI=1S/C31H36N6O5/c1-21-26-17-32-30(39)25(14-22-8-5-4-6-9-22)34-29(38)20-37(19-23-16-33-36(2)18-23)12-7-13-41-28-15-24(31(35-26)42-21)10-11-27(28)40-3/h4-6,8-11,15-16,18,25H,7,12-14,17,19-20H2,1-3H3,(H,32,39)(H,34,38)/t25-/m1/s1. The van der Waals surface area contributed by atoms with Crippen LogP contribution in [0.2, 0.25) is 0 Å². The summed E-state index contributed by atoms with van der Waals surface area (Å²) < 4.78 is 19.3. The Bertz CT molecular complexity index is 1520. The maximum atomic E-state index is 13.4. The Labute approximate surface area is 244 Å². The van der Waals surface area contributed by atoms with Crippen molar-refractivity contribution in [3.63, 3.8) is 0 Å². The zero-order valence-corrected chi connectivity index (χ0v) is 24.1. The summed E-state index contributed by atoms with van der Waals surface area (Å²) in [5, 5.41) is 10.2. The smallest absolute Gasteiger partial charge is 0.243 e. The lowest BCUT2D eigenvalue weighted by Crippen LogP contribution is -2.50. The lowest BCUT2D eigenvalue weighted by Gasteiger charge is -2.24. The average molecular weight is 573 g/mol. The summed E-state index contributed by atoms with van der Waals surface area (Å²) in [6, 6.07) is 14.4. The van der Waals surface area contributed by atoms with Crippen LogP contribution in [0.4, 0.5) is 0 Å². The third kappa shape index (κ3) is 7.35. The molecule has 3 heterocycles. The lowest BCUT2D eigenvalue weighted by molar-refractivity contribution is -0.129. The first kappa shape index (κ1) is 28.9. The minimum atomic E-state index is -0.766. The van der Waals surface area contributed by atoms with Gasteiger partial charge in [0, 0.05) is 43.9 Å². The molecule has 0 radical (unpaired) electrons. The van der Waals surface area contributed by atoms with Gasteiger partial charge < -0.3 is 24.5 Å². The van der Waals surface area contributed by atoms with Gasteiger partial charge in [0.25, 0.3) is 0 Å². The molecule has 0 fully saturated rings. The molecule has 4 bridgehead atoms. The van der Waals surface area contributed by atoms with Crippen molar-refractivity contribution in [3.8, 4) is 23.0 Å². The van der Waals surface area contributed by atoms with Gasteiger partial charge in [0.1, 0.15) is 17.5 Å². The van der Waals surface area contributed by atoms with E-state index < -0.39 is 6.04 Å². The Morgan fingerprint density at radius 1 is 1.12 bits per heavy atom. The summed E-state index contributed by atoms with van der Waals surface area (Å²) in [6.07, 6.45) is 4.72. The number of hydrogen-bond donors (Lipinski definition) is 2. The van der Waals surface area contributed by atoms with Crippen molar-refractivity contribution in [3.05, 3.63) is 83.5 Å². The van der Waals surface area contributed by atoms with Gasteiger partial charge in [0.2, 0.25) is 17.7 Å². The fourth-order valence-electron chi connectivity index (χ4n) is 4.93. The summed E-state index contributed by atoms with van der Waals surface area (Å²) in [7, 11) is 3.45. The van der Waals surface area contributed by atoms with E-state index in [0.29, 0.717) is 61.4 Å². The van der Waals surface area contributed by atoms with Crippen molar-refractivity contribution >= 4 is 11.8 Å². The third-order valence-corrected chi connectivity index (χ3v) is 7.08. The van der Waals surface area contributed by atoms with E-state index in [1.54, 1.807) is 18.0 Å². The van der Waals surface area contributed by atoms with E-state index >= 15 is 0 Å². The van der Waals surface area contributed by atoms with Crippen LogP contribution in [0, 0.1) is 6.92 Å². The van der Waals surface area contributed by atoms with Crippen molar-refractivity contribution in [1.29, 1.82) is 0 Å². The maximum absolute atomic E-state index is 13.4. The van der Waals surface area contributed by atoms with Crippen molar-refractivity contribution in [1.82, 2.24) is 30.3 Å². The highest BCUT2D eigenvalue weighted by atomic mass is 16.5. The van der Waals surface area contributed by atoms with Crippen LogP contribution in [-0.2, 0) is 36.1 Å². The van der Waals surface area contributed by atoms with Gasteiger partial charge in [0.15, 0.2) is 11.5 Å². The largest absolute Gasteiger partial charge is 0.493 e. The van der Waals surface area contributed by atoms with E-state index in [4.69, 9.17) is 13.9 Å². The molecular formula is C31H36N6O5. The highest BCUT2D eigenvalue weighted by molar-refractivity contribution is 5.88. The van der Waals surface area contributed by atoms with Crippen molar-refractivity contribution in [2.24, 2.45) is 7.05 Å². The molecule has 2 N–H and O–H groups in total. The number of hydrogen-bond acceptors (Lipinski definition) is 8. The third-order valence-electron chi connectivity index (χ3n) is 7.08. The Balaban J connectivity index is 1.43. The van der Waals surface area contributed by atoms with Gasteiger partial charge in [-0.05, 0) is 37.1 Å². The number of ether oxygens (including phenoxy) is 2. The number of methoxy groups -OCH3 is 1. The van der Waals surface area contributed by atoms with Crippen molar-refractivity contribution in [2.45, 2.75) is 38.9 Å². The van der Waals surface area contributed by atoms with E-state index in [0.717, 1.165) is 16.7 Å². The topological polar surface area (TPSA) is 124 Å². The molecule has 0 saturated carbocycles. The predicted octanol–water partition coefficient (Wildman–Crippen LogP) is 3.02. The van der Waals surface area contributed by atoms with Gasteiger partial charge in [-0.1, -0.05) is 30.3 Å². The highest BCUT2D eigenvalue weighted by Gasteiger charge is 2.24. The van der Waals surface area contributed by atoms with Crippen LogP contribution in [0.1, 0.15) is 29.0 Å². The zero-order valence-electron chi connectivity index (χ0n) is 24.1.